The van der Waals surface area contributed by atoms with Gasteiger partial charge in [0.25, 0.3) is 0 Å². The van der Waals surface area contributed by atoms with Crippen molar-refractivity contribution >= 4 is 0 Å². The predicted molar refractivity (Wildman–Crippen MR) is 60.8 cm³/mol. The molecule has 2 heteroatoms. The zero-order chi connectivity index (χ0) is 10.8. The number of aryl methyl sites for hydroxylation is 2. The number of aromatic hydroxyl groups is 1. The van der Waals surface area contributed by atoms with Crippen LogP contribution in [-0.2, 0) is 0 Å². The summed E-state index contributed by atoms with van der Waals surface area (Å²) in [6.07, 6.45) is 1.69. The first-order chi connectivity index (χ1) is 7.18. The highest BCUT2D eigenvalue weighted by Gasteiger charge is 2.07. The molecule has 2 aromatic rings. The van der Waals surface area contributed by atoms with E-state index in [-0.39, 0.29) is 5.75 Å². The molecule has 0 saturated heterocycles. The minimum absolute atomic E-state index is 0.226. The molecule has 1 aromatic carbocycles. The molecule has 15 heavy (non-hydrogen) atoms. The Bertz CT molecular complexity index is 492. The second kappa shape index (κ2) is 3.73. The summed E-state index contributed by atoms with van der Waals surface area (Å²) in [6, 6.07) is 9.48. The average Bonchev–Trinajstić information content (AvgIpc) is 2.20. The fourth-order valence-corrected chi connectivity index (χ4v) is 1.68. The minimum Gasteiger partial charge on any atom is -0.506 e. The van der Waals surface area contributed by atoms with Gasteiger partial charge in [0.15, 0.2) is 0 Å². The highest BCUT2D eigenvalue weighted by molar-refractivity contribution is 5.69. The van der Waals surface area contributed by atoms with Gasteiger partial charge < -0.3 is 5.11 Å². The van der Waals surface area contributed by atoms with Crippen molar-refractivity contribution in [3.8, 4) is 17.0 Å². The van der Waals surface area contributed by atoms with Gasteiger partial charge in [-0.2, -0.15) is 0 Å². The Balaban J connectivity index is 2.60. The molecule has 0 aliphatic carbocycles. The third-order valence-corrected chi connectivity index (χ3v) is 2.42. The number of pyridine rings is 1. The molecule has 0 saturated carbocycles. The Morgan fingerprint density at radius 1 is 1.13 bits per heavy atom. The maximum atomic E-state index is 9.70. The van der Waals surface area contributed by atoms with Crippen molar-refractivity contribution in [1.82, 2.24) is 4.98 Å². The second-order valence-corrected chi connectivity index (χ2v) is 3.69. The van der Waals surface area contributed by atoms with Gasteiger partial charge in [-0.15, -0.1) is 0 Å². The maximum absolute atomic E-state index is 9.70. The quantitative estimate of drug-likeness (QED) is 0.765. The lowest BCUT2D eigenvalue weighted by atomic mass is 10.0. The standard InChI is InChI=1S/C13H13NO/c1-9-5-6-11(10(2)8-9)13-12(15)4-3-7-14-13/h3-8,15H,1-2H3. The predicted octanol–water partition coefficient (Wildman–Crippen LogP) is 3.07. The first-order valence-corrected chi connectivity index (χ1v) is 4.90. The molecule has 0 aliphatic heterocycles. The van der Waals surface area contributed by atoms with Crippen LogP contribution in [0.5, 0.6) is 5.75 Å². The Morgan fingerprint density at radius 3 is 2.60 bits per heavy atom. The molecule has 0 amide bonds. The first kappa shape index (κ1) is 9.71. The largest absolute Gasteiger partial charge is 0.506 e. The van der Waals surface area contributed by atoms with Gasteiger partial charge in [0.1, 0.15) is 11.4 Å². The van der Waals surface area contributed by atoms with E-state index in [1.807, 2.05) is 19.1 Å². The number of hydrogen-bond donors (Lipinski definition) is 1. The van der Waals surface area contributed by atoms with E-state index in [9.17, 15) is 5.11 Å². The third-order valence-electron chi connectivity index (χ3n) is 2.42. The SMILES string of the molecule is Cc1ccc(-c2ncccc2O)c(C)c1. The van der Waals surface area contributed by atoms with Gasteiger partial charge in [-0.1, -0.05) is 23.8 Å². The lowest BCUT2D eigenvalue weighted by Crippen LogP contribution is -1.88. The number of hydrogen-bond acceptors (Lipinski definition) is 2. The Kier molecular flexibility index (Phi) is 2.42. The van der Waals surface area contributed by atoms with Crippen LogP contribution in [0.25, 0.3) is 11.3 Å². The van der Waals surface area contributed by atoms with Crippen LogP contribution in [-0.4, -0.2) is 10.1 Å². The minimum atomic E-state index is 0.226. The van der Waals surface area contributed by atoms with Crippen LogP contribution in [0.3, 0.4) is 0 Å². The summed E-state index contributed by atoms with van der Waals surface area (Å²) < 4.78 is 0. The van der Waals surface area contributed by atoms with Crippen molar-refractivity contribution in [1.29, 1.82) is 0 Å². The van der Waals surface area contributed by atoms with Crippen LogP contribution >= 0.6 is 0 Å². The molecule has 2 rings (SSSR count). The molecule has 0 atom stereocenters. The topological polar surface area (TPSA) is 33.1 Å². The molecule has 0 bridgehead atoms. The number of aromatic nitrogens is 1. The van der Waals surface area contributed by atoms with Gasteiger partial charge in [0.2, 0.25) is 0 Å². The van der Waals surface area contributed by atoms with Crippen LogP contribution in [0.4, 0.5) is 0 Å². The van der Waals surface area contributed by atoms with Gasteiger partial charge in [-0.25, -0.2) is 0 Å². The van der Waals surface area contributed by atoms with Gasteiger partial charge in [-0.05, 0) is 31.5 Å². The molecular weight excluding hydrogens is 186 g/mol. The van der Waals surface area contributed by atoms with Crippen molar-refractivity contribution in [3.05, 3.63) is 47.7 Å². The Hall–Kier alpha value is -1.83. The first-order valence-electron chi connectivity index (χ1n) is 4.90. The summed E-state index contributed by atoms with van der Waals surface area (Å²) >= 11 is 0. The summed E-state index contributed by atoms with van der Waals surface area (Å²) in [5, 5.41) is 9.70. The van der Waals surface area contributed by atoms with Crippen molar-refractivity contribution in [2.75, 3.05) is 0 Å². The van der Waals surface area contributed by atoms with Crippen LogP contribution in [0, 0.1) is 13.8 Å². The molecule has 2 nitrogen and oxygen atoms in total. The van der Waals surface area contributed by atoms with E-state index in [0.717, 1.165) is 11.1 Å². The van der Waals surface area contributed by atoms with E-state index < -0.39 is 0 Å². The van der Waals surface area contributed by atoms with Crippen LogP contribution in [0.15, 0.2) is 36.5 Å². The molecule has 0 radical (unpaired) electrons. The second-order valence-electron chi connectivity index (χ2n) is 3.69. The van der Waals surface area contributed by atoms with Crippen molar-refractivity contribution in [2.24, 2.45) is 0 Å². The molecule has 1 heterocycles. The summed E-state index contributed by atoms with van der Waals surface area (Å²) in [6.45, 7) is 4.07. The molecule has 0 unspecified atom stereocenters. The molecule has 0 spiro atoms. The van der Waals surface area contributed by atoms with Crippen LogP contribution in [0.2, 0.25) is 0 Å². The van der Waals surface area contributed by atoms with E-state index >= 15 is 0 Å². The smallest absolute Gasteiger partial charge is 0.141 e. The Morgan fingerprint density at radius 2 is 1.93 bits per heavy atom. The van der Waals surface area contributed by atoms with Crippen molar-refractivity contribution in [2.45, 2.75) is 13.8 Å². The van der Waals surface area contributed by atoms with Gasteiger partial charge >= 0.3 is 0 Å². The Labute approximate surface area is 89.2 Å². The monoisotopic (exact) mass is 199 g/mol. The van der Waals surface area contributed by atoms with Crippen molar-refractivity contribution in [3.63, 3.8) is 0 Å². The molecule has 1 aromatic heterocycles. The van der Waals surface area contributed by atoms with Crippen molar-refractivity contribution < 1.29 is 5.11 Å². The van der Waals surface area contributed by atoms with E-state index in [0.29, 0.717) is 5.69 Å². The number of benzene rings is 1. The zero-order valence-electron chi connectivity index (χ0n) is 8.86. The highest BCUT2D eigenvalue weighted by Crippen LogP contribution is 2.29. The van der Waals surface area contributed by atoms with E-state index in [2.05, 4.69) is 18.0 Å². The average molecular weight is 199 g/mol. The summed E-state index contributed by atoms with van der Waals surface area (Å²) in [4.78, 5) is 4.19. The summed E-state index contributed by atoms with van der Waals surface area (Å²) in [5.41, 5.74) is 3.98. The summed E-state index contributed by atoms with van der Waals surface area (Å²) in [7, 11) is 0. The molecule has 76 valence electrons. The lowest BCUT2D eigenvalue weighted by molar-refractivity contribution is 0.475. The fourth-order valence-electron chi connectivity index (χ4n) is 1.68. The number of rotatable bonds is 1. The fraction of sp³-hybridized carbons (Fsp3) is 0.154. The van der Waals surface area contributed by atoms with E-state index in [4.69, 9.17) is 0 Å². The lowest BCUT2D eigenvalue weighted by Gasteiger charge is -2.07. The van der Waals surface area contributed by atoms with Gasteiger partial charge in [0.05, 0.1) is 0 Å². The maximum Gasteiger partial charge on any atom is 0.141 e. The molecule has 0 fully saturated rings. The highest BCUT2D eigenvalue weighted by atomic mass is 16.3. The molecular formula is C13H13NO. The van der Waals surface area contributed by atoms with E-state index in [1.54, 1.807) is 18.3 Å². The van der Waals surface area contributed by atoms with Gasteiger partial charge in [0, 0.05) is 11.8 Å². The number of nitrogens with zero attached hydrogens (tertiary/aromatic N) is 1. The van der Waals surface area contributed by atoms with Crippen LogP contribution < -0.4 is 0 Å². The van der Waals surface area contributed by atoms with Crippen LogP contribution in [0.1, 0.15) is 11.1 Å². The normalized spacial score (nSPS) is 10.3. The third kappa shape index (κ3) is 1.84. The summed E-state index contributed by atoms with van der Waals surface area (Å²) in [5.74, 6) is 0.226. The zero-order valence-corrected chi connectivity index (χ0v) is 8.86. The molecule has 0 aliphatic rings. The molecule has 1 N–H and O–H groups in total. The van der Waals surface area contributed by atoms with E-state index in [1.165, 1.54) is 5.56 Å². The van der Waals surface area contributed by atoms with Gasteiger partial charge in [-0.3, -0.25) is 4.98 Å².